The number of piperidine rings is 1. The number of fused-ring (bicyclic) bond motifs is 1. The minimum Gasteiger partial charge on any atom is -0.354 e. The first-order valence-electron chi connectivity index (χ1n) is 8.20. The number of aliphatic imine (C=N–C) groups is 1. The van der Waals surface area contributed by atoms with Crippen LogP contribution < -0.4 is 15.4 Å². The van der Waals surface area contributed by atoms with E-state index in [0.717, 1.165) is 19.5 Å². The molecule has 3 rings (SSSR count). The molecular formula is C16H23ClN4O3S. The third kappa shape index (κ3) is 4.93. The van der Waals surface area contributed by atoms with Gasteiger partial charge in [-0.3, -0.25) is 14.5 Å². The van der Waals surface area contributed by atoms with Crippen LogP contribution in [0.5, 0.6) is 0 Å². The molecule has 1 saturated heterocycles. The number of carbonyl (C=O) groups is 1. The second kappa shape index (κ2) is 8.64. The Hall–Kier alpha value is -1.64. The fourth-order valence-electron chi connectivity index (χ4n) is 3.04. The Balaban J connectivity index is 0.00000225. The number of hydrogen-bond acceptors (Lipinski definition) is 5. The zero-order valence-corrected chi connectivity index (χ0v) is 15.5. The second-order valence-corrected chi connectivity index (χ2v) is 7.77. The van der Waals surface area contributed by atoms with E-state index >= 15 is 0 Å². The highest BCUT2D eigenvalue weighted by Gasteiger charge is 2.30. The average molecular weight is 387 g/mol. The van der Waals surface area contributed by atoms with Gasteiger partial charge in [-0.1, -0.05) is 12.1 Å². The van der Waals surface area contributed by atoms with Crippen LogP contribution >= 0.6 is 12.4 Å². The lowest BCUT2D eigenvalue weighted by atomic mass is 9.96. The number of amides is 1. The van der Waals surface area contributed by atoms with Crippen molar-refractivity contribution in [2.45, 2.75) is 24.2 Å². The van der Waals surface area contributed by atoms with Gasteiger partial charge >= 0.3 is 0 Å². The molecule has 0 bridgehead atoms. The van der Waals surface area contributed by atoms with Gasteiger partial charge in [0.2, 0.25) is 5.91 Å². The molecule has 9 heteroatoms. The summed E-state index contributed by atoms with van der Waals surface area (Å²) in [6, 6.07) is 6.61. The number of halogens is 1. The Morgan fingerprint density at radius 1 is 1.32 bits per heavy atom. The van der Waals surface area contributed by atoms with Gasteiger partial charge < -0.3 is 10.6 Å². The van der Waals surface area contributed by atoms with E-state index in [1.807, 2.05) is 0 Å². The molecule has 0 radical (unpaired) electrons. The molecule has 1 fully saturated rings. The monoisotopic (exact) mass is 386 g/mol. The zero-order valence-electron chi connectivity index (χ0n) is 13.8. The molecule has 3 N–H and O–H groups in total. The fourth-order valence-corrected chi connectivity index (χ4v) is 4.30. The van der Waals surface area contributed by atoms with Gasteiger partial charge in [0, 0.05) is 12.1 Å². The largest absolute Gasteiger partial charge is 0.354 e. The Morgan fingerprint density at radius 3 is 2.88 bits per heavy atom. The maximum atomic E-state index is 12.0. The first kappa shape index (κ1) is 19.7. The van der Waals surface area contributed by atoms with Crippen LogP contribution in [0.1, 0.15) is 24.8 Å². The molecule has 1 atom stereocenters. The van der Waals surface area contributed by atoms with Crippen LogP contribution in [0.2, 0.25) is 0 Å². The number of benzene rings is 1. The zero-order chi connectivity index (χ0) is 17.0. The predicted molar refractivity (Wildman–Crippen MR) is 98.6 cm³/mol. The Kier molecular flexibility index (Phi) is 6.80. The van der Waals surface area contributed by atoms with Crippen molar-refractivity contribution in [3.8, 4) is 0 Å². The van der Waals surface area contributed by atoms with Crippen LogP contribution in [-0.2, 0) is 14.8 Å². The maximum absolute atomic E-state index is 12.0. The number of hydrogen-bond donors (Lipinski definition) is 3. The predicted octanol–water partition coefficient (Wildman–Crippen LogP) is 0.653. The molecule has 0 aromatic heterocycles. The SMILES string of the molecule is Cl.O=C(CN=C1NS(=O)(=O)c2ccccc21)NCCC1CCCNC1. The highest BCUT2D eigenvalue weighted by atomic mass is 35.5. The van der Waals surface area contributed by atoms with Gasteiger partial charge in [0.25, 0.3) is 10.0 Å². The minimum absolute atomic E-state index is 0. The van der Waals surface area contributed by atoms with Gasteiger partial charge in [-0.15, -0.1) is 12.4 Å². The second-order valence-electron chi connectivity index (χ2n) is 6.12. The van der Waals surface area contributed by atoms with Crippen LogP contribution in [0, 0.1) is 5.92 Å². The summed E-state index contributed by atoms with van der Waals surface area (Å²) in [4.78, 5) is 16.2. The normalized spacial score (nSPS) is 22.6. The van der Waals surface area contributed by atoms with Crippen molar-refractivity contribution in [1.29, 1.82) is 0 Å². The molecule has 2 aliphatic heterocycles. The molecule has 1 amide bonds. The summed E-state index contributed by atoms with van der Waals surface area (Å²) in [5, 5.41) is 6.20. The molecule has 138 valence electrons. The van der Waals surface area contributed by atoms with Crippen LogP contribution in [0.4, 0.5) is 0 Å². The Labute approximate surface area is 154 Å². The van der Waals surface area contributed by atoms with Crippen molar-refractivity contribution in [3.63, 3.8) is 0 Å². The fraction of sp³-hybridized carbons (Fsp3) is 0.500. The lowest BCUT2D eigenvalue weighted by Crippen LogP contribution is -2.34. The van der Waals surface area contributed by atoms with Gasteiger partial charge in [0.05, 0.1) is 4.90 Å². The highest BCUT2D eigenvalue weighted by Crippen LogP contribution is 2.22. The van der Waals surface area contributed by atoms with Gasteiger partial charge in [0.15, 0.2) is 0 Å². The van der Waals surface area contributed by atoms with E-state index in [1.54, 1.807) is 18.2 Å². The van der Waals surface area contributed by atoms with E-state index < -0.39 is 10.0 Å². The molecule has 25 heavy (non-hydrogen) atoms. The first-order valence-corrected chi connectivity index (χ1v) is 9.69. The minimum atomic E-state index is -3.55. The van der Waals surface area contributed by atoms with Gasteiger partial charge in [-0.2, -0.15) is 0 Å². The lowest BCUT2D eigenvalue weighted by Gasteiger charge is -2.22. The van der Waals surface area contributed by atoms with Crippen LogP contribution in [-0.4, -0.2) is 46.3 Å². The number of nitrogens with one attached hydrogen (secondary N) is 3. The quantitative estimate of drug-likeness (QED) is 0.691. The van der Waals surface area contributed by atoms with Gasteiger partial charge in [-0.25, -0.2) is 8.42 Å². The molecule has 1 aromatic carbocycles. The summed E-state index contributed by atoms with van der Waals surface area (Å²) in [5.74, 6) is 0.644. The summed E-state index contributed by atoms with van der Waals surface area (Å²) in [6.45, 7) is 2.63. The highest BCUT2D eigenvalue weighted by molar-refractivity contribution is 7.90. The summed E-state index contributed by atoms with van der Waals surface area (Å²) in [6.07, 6.45) is 3.33. The molecule has 2 heterocycles. The van der Waals surface area contributed by atoms with E-state index in [0.29, 0.717) is 18.0 Å². The van der Waals surface area contributed by atoms with E-state index in [2.05, 4.69) is 20.3 Å². The lowest BCUT2D eigenvalue weighted by molar-refractivity contribution is -0.119. The molecule has 7 nitrogen and oxygen atoms in total. The molecule has 0 saturated carbocycles. The molecular weight excluding hydrogens is 364 g/mol. The van der Waals surface area contributed by atoms with Crippen molar-refractivity contribution in [2.75, 3.05) is 26.2 Å². The van der Waals surface area contributed by atoms with E-state index in [1.165, 1.54) is 18.9 Å². The molecule has 0 aliphatic carbocycles. The smallest absolute Gasteiger partial charge is 0.263 e. The van der Waals surface area contributed by atoms with E-state index in [-0.39, 0.29) is 35.6 Å². The van der Waals surface area contributed by atoms with Crippen molar-refractivity contribution in [1.82, 2.24) is 15.4 Å². The molecule has 1 unspecified atom stereocenters. The van der Waals surface area contributed by atoms with Crippen molar-refractivity contribution >= 4 is 34.2 Å². The summed E-state index contributed by atoms with van der Waals surface area (Å²) in [7, 11) is -3.55. The third-order valence-electron chi connectivity index (χ3n) is 4.32. The number of nitrogens with zero attached hydrogens (tertiary/aromatic N) is 1. The van der Waals surface area contributed by atoms with Crippen LogP contribution in [0.3, 0.4) is 0 Å². The third-order valence-corrected chi connectivity index (χ3v) is 5.71. The van der Waals surface area contributed by atoms with Crippen molar-refractivity contribution in [2.24, 2.45) is 10.9 Å². The number of rotatable bonds is 5. The number of amidine groups is 1. The Bertz CT molecular complexity index is 746. The average Bonchev–Trinajstić information content (AvgIpc) is 2.85. The van der Waals surface area contributed by atoms with Gasteiger partial charge in [-0.05, 0) is 50.4 Å². The van der Waals surface area contributed by atoms with Crippen LogP contribution in [0.15, 0.2) is 34.2 Å². The van der Waals surface area contributed by atoms with Crippen LogP contribution in [0.25, 0.3) is 0 Å². The first-order chi connectivity index (χ1) is 11.6. The van der Waals surface area contributed by atoms with Crippen molar-refractivity contribution in [3.05, 3.63) is 29.8 Å². The molecule has 1 aromatic rings. The molecule has 2 aliphatic rings. The van der Waals surface area contributed by atoms with Crippen molar-refractivity contribution < 1.29 is 13.2 Å². The summed E-state index contributed by atoms with van der Waals surface area (Å²) < 4.78 is 26.3. The Morgan fingerprint density at radius 2 is 2.12 bits per heavy atom. The van der Waals surface area contributed by atoms with Gasteiger partial charge in [0.1, 0.15) is 12.4 Å². The molecule has 0 spiro atoms. The topological polar surface area (TPSA) is 99.7 Å². The number of carbonyl (C=O) groups excluding carboxylic acids is 1. The maximum Gasteiger partial charge on any atom is 0.263 e. The summed E-state index contributed by atoms with van der Waals surface area (Å²) >= 11 is 0. The summed E-state index contributed by atoms with van der Waals surface area (Å²) in [5.41, 5.74) is 0.513. The number of sulfonamides is 1. The standard InChI is InChI=1S/C16H22N4O3S.ClH/c21-15(18-9-7-12-4-3-8-17-10-12)11-19-16-13-5-1-2-6-14(13)24(22,23)20-16;/h1-2,5-6,12,17H,3-4,7-11H2,(H,18,21)(H,19,20);1H. The van der Waals surface area contributed by atoms with E-state index in [9.17, 15) is 13.2 Å². The van der Waals surface area contributed by atoms with E-state index in [4.69, 9.17) is 0 Å².